The number of benzene rings is 1. The number of aliphatic hydroxyl groups excluding tert-OH is 1. The maximum Gasteiger partial charge on any atom is 0.253 e. The Hall–Kier alpha value is -1.55. The van der Waals surface area contributed by atoms with Gasteiger partial charge in [0.2, 0.25) is 0 Å². The molecule has 0 atom stereocenters. The molecule has 0 radical (unpaired) electrons. The zero-order valence-corrected chi connectivity index (χ0v) is 10.3. The van der Waals surface area contributed by atoms with Crippen molar-refractivity contribution >= 4 is 11.6 Å². The standard InChI is InChI=1S/C10H14N2O.C2H6O/c1-11-10(13)8-6-4-5-7-9(8)12(2)3;1-2-3/h4-7H,1-3H3,(H,11,13);3H,2H2,1H3. The van der Waals surface area contributed by atoms with Crippen LogP contribution in [0, 0.1) is 0 Å². The molecule has 0 saturated carbocycles. The minimum absolute atomic E-state index is 0.0516. The summed E-state index contributed by atoms with van der Waals surface area (Å²) in [6, 6.07) is 7.51. The van der Waals surface area contributed by atoms with Gasteiger partial charge in [-0.25, -0.2) is 0 Å². The van der Waals surface area contributed by atoms with E-state index in [0.29, 0.717) is 5.56 Å². The highest BCUT2D eigenvalue weighted by molar-refractivity contribution is 5.99. The second-order valence-corrected chi connectivity index (χ2v) is 3.31. The summed E-state index contributed by atoms with van der Waals surface area (Å²) in [5.41, 5.74) is 1.64. The smallest absolute Gasteiger partial charge is 0.253 e. The third-order valence-electron chi connectivity index (χ3n) is 1.86. The van der Waals surface area contributed by atoms with Crippen LogP contribution in [0.2, 0.25) is 0 Å². The van der Waals surface area contributed by atoms with Gasteiger partial charge in [0.25, 0.3) is 5.91 Å². The van der Waals surface area contributed by atoms with Gasteiger partial charge in [0.15, 0.2) is 0 Å². The van der Waals surface area contributed by atoms with Crippen LogP contribution >= 0.6 is 0 Å². The molecule has 4 nitrogen and oxygen atoms in total. The van der Waals surface area contributed by atoms with Gasteiger partial charge in [0.05, 0.1) is 5.56 Å². The SMILES string of the molecule is CCO.CNC(=O)c1ccccc1N(C)C. The van der Waals surface area contributed by atoms with Gasteiger partial charge in [-0.05, 0) is 19.1 Å². The van der Waals surface area contributed by atoms with Crippen LogP contribution in [-0.2, 0) is 0 Å². The van der Waals surface area contributed by atoms with Crippen LogP contribution in [0.25, 0.3) is 0 Å². The van der Waals surface area contributed by atoms with E-state index in [0.717, 1.165) is 5.69 Å². The number of carbonyl (C=O) groups excluding carboxylic acids is 1. The largest absolute Gasteiger partial charge is 0.397 e. The highest BCUT2D eigenvalue weighted by Crippen LogP contribution is 2.17. The Morgan fingerprint density at radius 1 is 1.38 bits per heavy atom. The zero-order chi connectivity index (χ0) is 12.6. The number of rotatable bonds is 2. The molecule has 0 fully saturated rings. The van der Waals surface area contributed by atoms with Crippen molar-refractivity contribution in [2.45, 2.75) is 6.92 Å². The summed E-state index contributed by atoms with van der Waals surface area (Å²) in [7, 11) is 5.47. The maximum absolute atomic E-state index is 11.4. The fourth-order valence-corrected chi connectivity index (χ4v) is 1.19. The molecule has 1 aromatic carbocycles. The Bertz CT molecular complexity index is 325. The van der Waals surface area contributed by atoms with Crippen LogP contribution in [0.5, 0.6) is 0 Å². The van der Waals surface area contributed by atoms with Gasteiger partial charge in [-0.2, -0.15) is 0 Å². The van der Waals surface area contributed by atoms with Gasteiger partial charge in [-0.1, -0.05) is 12.1 Å². The van der Waals surface area contributed by atoms with Gasteiger partial charge >= 0.3 is 0 Å². The molecule has 0 aliphatic heterocycles. The van der Waals surface area contributed by atoms with Crippen molar-refractivity contribution in [2.24, 2.45) is 0 Å². The first-order valence-electron chi connectivity index (χ1n) is 5.17. The van der Waals surface area contributed by atoms with E-state index in [9.17, 15) is 4.79 Å². The van der Waals surface area contributed by atoms with Crippen LogP contribution in [0.15, 0.2) is 24.3 Å². The van der Waals surface area contributed by atoms with E-state index < -0.39 is 0 Å². The number of hydrogen-bond acceptors (Lipinski definition) is 3. The molecule has 0 heterocycles. The molecule has 1 amide bonds. The third-order valence-corrected chi connectivity index (χ3v) is 1.86. The highest BCUT2D eigenvalue weighted by atomic mass is 16.2. The van der Waals surface area contributed by atoms with Crippen LogP contribution in [0.3, 0.4) is 0 Å². The van der Waals surface area contributed by atoms with E-state index in [1.54, 1.807) is 14.0 Å². The number of nitrogens with one attached hydrogen (secondary N) is 1. The van der Waals surface area contributed by atoms with Crippen molar-refractivity contribution in [3.8, 4) is 0 Å². The lowest BCUT2D eigenvalue weighted by atomic mass is 10.1. The molecule has 0 unspecified atom stereocenters. The summed E-state index contributed by atoms with van der Waals surface area (Å²) in [5, 5.41) is 10.2. The minimum Gasteiger partial charge on any atom is -0.397 e. The first kappa shape index (κ1) is 14.5. The highest BCUT2D eigenvalue weighted by Gasteiger charge is 2.09. The predicted molar refractivity (Wildman–Crippen MR) is 66.9 cm³/mol. The summed E-state index contributed by atoms with van der Waals surface area (Å²) in [6.45, 7) is 1.93. The number of para-hydroxylation sites is 1. The molecule has 0 aliphatic rings. The molecule has 90 valence electrons. The first-order valence-corrected chi connectivity index (χ1v) is 5.17. The monoisotopic (exact) mass is 224 g/mol. The van der Waals surface area contributed by atoms with E-state index >= 15 is 0 Å². The number of anilines is 1. The lowest BCUT2D eigenvalue weighted by Crippen LogP contribution is -2.21. The van der Waals surface area contributed by atoms with Crippen molar-refractivity contribution in [1.29, 1.82) is 0 Å². The molecule has 2 N–H and O–H groups in total. The van der Waals surface area contributed by atoms with E-state index in [1.807, 2.05) is 43.3 Å². The number of hydrogen-bond donors (Lipinski definition) is 2. The zero-order valence-electron chi connectivity index (χ0n) is 10.3. The average molecular weight is 224 g/mol. The topological polar surface area (TPSA) is 52.6 Å². The Labute approximate surface area is 96.9 Å². The molecule has 0 spiro atoms. The molecular formula is C12H20N2O2. The van der Waals surface area contributed by atoms with Crippen LogP contribution in [-0.4, -0.2) is 38.8 Å². The quantitative estimate of drug-likeness (QED) is 0.791. The number of aliphatic hydroxyl groups is 1. The maximum atomic E-state index is 11.4. The van der Waals surface area contributed by atoms with E-state index in [4.69, 9.17) is 5.11 Å². The van der Waals surface area contributed by atoms with Crippen LogP contribution < -0.4 is 10.2 Å². The molecule has 0 saturated heterocycles. The second-order valence-electron chi connectivity index (χ2n) is 3.31. The van der Waals surface area contributed by atoms with Gasteiger partial charge in [-0.15, -0.1) is 0 Å². The summed E-state index contributed by atoms with van der Waals surface area (Å²) >= 11 is 0. The molecule has 1 aromatic rings. The molecule has 0 aromatic heterocycles. The van der Waals surface area contributed by atoms with Crippen molar-refractivity contribution in [3.63, 3.8) is 0 Å². The number of nitrogens with zero attached hydrogens (tertiary/aromatic N) is 1. The summed E-state index contributed by atoms with van der Waals surface area (Å²) < 4.78 is 0. The Balaban J connectivity index is 0.000000673. The van der Waals surface area contributed by atoms with Crippen molar-refractivity contribution in [2.75, 3.05) is 32.6 Å². The fraction of sp³-hybridized carbons (Fsp3) is 0.417. The molecule has 1 rings (SSSR count). The predicted octanol–water partition coefficient (Wildman–Crippen LogP) is 1.11. The normalized spacial score (nSPS) is 8.81. The van der Waals surface area contributed by atoms with Crippen molar-refractivity contribution in [1.82, 2.24) is 5.32 Å². The van der Waals surface area contributed by atoms with Gasteiger partial charge in [-0.3, -0.25) is 4.79 Å². The molecule has 16 heavy (non-hydrogen) atoms. The average Bonchev–Trinajstić information content (AvgIpc) is 2.29. The number of carbonyl (C=O) groups is 1. The second kappa shape index (κ2) is 7.70. The van der Waals surface area contributed by atoms with E-state index in [1.165, 1.54) is 0 Å². The summed E-state index contributed by atoms with van der Waals surface area (Å²) in [5.74, 6) is -0.0516. The molecule has 4 heteroatoms. The van der Waals surface area contributed by atoms with E-state index in [2.05, 4.69) is 5.32 Å². The Kier molecular flexibility index (Phi) is 6.96. The molecular weight excluding hydrogens is 204 g/mol. The van der Waals surface area contributed by atoms with Crippen LogP contribution in [0.4, 0.5) is 5.69 Å². The first-order chi connectivity index (χ1) is 7.58. The van der Waals surface area contributed by atoms with Crippen molar-refractivity contribution < 1.29 is 9.90 Å². The lowest BCUT2D eigenvalue weighted by molar-refractivity contribution is 0.0963. The fourth-order valence-electron chi connectivity index (χ4n) is 1.19. The minimum atomic E-state index is -0.0516. The summed E-state index contributed by atoms with van der Waals surface area (Å²) in [4.78, 5) is 13.3. The van der Waals surface area contributed by atoms with Gasteiger partial charge in [0, 0.05) is 33.4 Å². The van der Waals surface area contributed by atoms with Crippen molar-refractivity contribution in [3.05, 3.63) is 29.8 Å². The van der Waals surface area contributed by atoms with Crippen LogP contribution in [0.1, 0.15) is 17.3 Å². The Morgan fingerprint density at radius 3 is 2.31 bits per heavy atom. The number of amides is 1. The molecule has 0 bridgehead atoms. The van der Waals surface area contributed by atoms with Gasteiger partial charge < -0.3 is 15.3 Å². The van der Waals surface area contributed by atoms with Gasteiger partial charge in [0.1, 0.15) is 0 Å². The van der Waals surface area contributed by atoms with E-state index in [-0.39, 0.29) is 12.5 Å². The Morgan fingerprint density at radius 2 is 1.88 bits per heavy atom. The summed E-state index contributed by atoms with van der Waals surface area (Å²) in [6.07, 6.45) is 0. The lowest BCUT2D eigenvalue weighted by Gasteiger charge is -2.15. The third kappa shape index (κ3) is 4.31. The molecule has 0 aliphatic carbocycles.